The fraction of sp³-hybridized carbons (Fsp3) is 0.750. The van der Waals surface area contributed by atoms with Gasteiger partial charge in [0.2, 0.25) is 5.91 Å². The van der Waals surface area contributed by atoms with Crippen molar-refractivity contribution in [2.24, 2.45) is 0 Å². The van der Waals surface area contributed by atoms with Crippen molar-refractivity contribution in [1.29, 1.82) is 0 Å². The summed E-state index contributed by atoms with van der Waals surface area (Å²) in [5.41, 5.74) is 0. The summed E-state index contributed by atoms with van der Waals surface area (Å²) in [4.78, 5) is 12.5. The molecule has 0 aliphatic carbocycles. The van der Waals surface area contributed by atoms with Gasteiger partial charge in [-0.2, -0.15) is 0 Å². The number of aliphatic hydroxyl groups is 2. The van der Waals surface area contributed by atoms with Gasteiger partial charge in [-0.1, -0.05) is 279 Å². The molecule has 0 radical (unpaired) electrons. The zero-order chi connectivity index (χ0) is 46.3. The van der Waals surface area contributed by atoms with Gasteiger partial charge in [-0.15, -0.1) is 0 Å². The first-order valence-electron chi connectivity index (χ1n) is 27.8. The Morgan fingerprint density at radius 3 is 1.03 bits per heavy atom. The van der Waals surface area contributed by atoms with Crippen LogP contribution in [0.5, 0.6) is 0 Å². The molecule has 0 saturated heterocycles. The first-order valence-corrected chi connectivity index (χ1v) is 27.8. The zero-order valence-corrected chi connectivity index (χ0v) is 42.5. The number of rotatable bonds is 50. The van der Waals surface area contributed by atoms with Crippen molar-refractivity contribution in [1.82, 2.24) is 5.32 Å². The largest absolute Gasteiger partial charge is 0.394 e. The van der Waals surface area contributed by atoms with Gasteiger partial charge in [0.1, 0.15) is 0 Å². The summed E-state index contributed by atoms with van der Waals surface area (Å²) < 4.78 is 0. The number of carbonyl (C=O) groups excluding carboxylic acids is 1. The molecule has 0 aromatic heterocycles. The van der Waals surface area contributed by atoms with Crippen LogP contribution in [-0.2, 0) is 4.79 Å². The predicted octanol–water partition coefficient (Wildman–Crippen LogP) is 18.4. The third kappa shape index (κ3) is 50.6. The molecule has 0 heterocycles. The van der Waals surface area contributed by atoms with Crippen LogP contribution in [0, 0.1) is 0 Å². The van der Waals surface area contributed by atoms with Crippen molar-refractivity contribution in [2.75, 3.05) is 6.61 Å². The number of allylic oxidation sites excluding steroid dienone is 14. The van der Waals surface area contributed by atoms with E-state index < -0.39 is 12.1 Å². The molecule has 0 fully saturated rings. The average molecular weight is 891 g/mol. The van der Waals surface area contributed by atoms with E-state index in [4.69, 9.17) is 0 Å². The lowest BCUT2D eigenvalue weighted by molar-refractivity contribution is -0.123. The van der Waals surface area contributed by atoms with E-state index in [1.807, 2.05) is 0 Å². The lowest BCUT2D eigenvalue weighted by Crippen LogP contribution is -2.45. The van der Waals surface area contributed by atoms with Gasteiger partial charge in [0.05, 0.1) is 18.8 Å². The van der Waals surface area contributed by atoms with Crippen LogP contribution >= 0.6 is 0 Å². The number of unbranched alkanes of at least 4 members (excludes halogenated alkanes) is 29. The van der Waals surface area contributed by atoms with E-state index in [-0.39, 0.29) is 12.5 Å². The number of amides is 1. The SMILES string of the molecule is CC/C=C\C/C=C\C/C=C\C/C=C\C/C=C\C/C=C\C/C=C\CCCCCCCCCCCCCCCCCCCC(=O)NC(CO)C(O)CCCCCCCCCCCCCCC. The Morgan fingerprint density at radius 2 is 0.688 bits per heavy atom. The molecule has 0 aromatic carbocycles. The molecule has 1 amide bonds. The van der Waals surface area contributed by atoms with Crippen molar-refractivity contribution in [2.45, 2.75) is 283 Å². The quantitative estimate of drug-likeness (QED) is 0.0421. The Balaban J connectivity index is 3.46. The first kappa shape index (κ1) is 61.6. The highest BCUT2D eigenvalue weighted by molar-refractivity contribution is 5.76. The van der Waals surface area contributed by atoms with Gasteiger partial charge in [0, 0.05) is 6.42 Å². The average Bonchev–Trinajstić information content (AvgIpc) is 3.30. The van der Waals surface area contributed by atoms with E-state index in [0.29, 0.717) is 12.8 Å². The highest BCUT2D eigenvalue weighted by atomic mass is 16.3. The number of hydrogen-bond acceptors (Lipinski definition) is 3. The fourth-order valence-electron chi connectivity index (χ4n) is 8.22. The molecule has 2 atom stereocenters. The van der Waals surface area contributed by atoms with Crippen molar-refractivity contribution in [3.63, 3.8) is 0 Å². The maximum atomic E-state index is 12.5. The summed E-state index contributed by atoms with van der Waals surface area (Å²) in [5, 5.41) is 23.2. The van der Waals surface area contributed by atoms with Crippen molar-refractivity contribution >= 4 is 5.91 Å². The summed E-state index contributed by atoms with van der Waals surface area (Å²) in [6, 6.07) is -0.537. The second-order valence-electron chi connectivity index (χ2n) is 18.6. The van der Waals surface area contributed by atoms with Crippen LogP contribution < -0.4 is 5.32 Å². The highest BCUT2D eigenvalue weighted by Gasteiger charge is 2.20. The van der Waals surface area contributed by atoms with E-state index in [2.05, 4.69) is 104 Å². The predicted molar refractivity (Wildman–Crippen MR) is 285 cm³/mol. The van der Waals surface area contributed by atoms with Gasteiger partial charge in [0.15, 0.2) is 0 Å². The number of carbonyl (C=O) groups is 1. The Morgan fingerprint density at radius 1 is 0.391 bits per heavy atom. The molecule has 0 rings (SSSR count). The smallest absolute Gasteiger partial charge is 0.220 e. The number of aliphatic hydroxyl groups excluding tert-OH is 2. The molecule has 4 nitrogen and oxygen atoms in total. The monoisotopic (exact) mass is 890 g/mol. The molecule has 2 unspecified atom stereocenters. The van der Waals surface area contributed by atoms with E-state index in [9.17, 15) is 15.0 Å². The van der Waals surface area contributed by atoms with Crippen LogP contribution in [0.25, 0.3) is 0 Å². The third-order valence-electron chi connectivity index (χ3n) is 12.4. The normalized spacial score (nSPS) is 13.5. The van der Waals surface area contributed by atoms with Crippen LogP contribution in [0.3, 0.4) is 0 Å². The maximum Gasteiger partial charge on any atom is 0.220 e. The minimum absolute atomic E-state index is 0.0317. The van der Waals surface area contributed by atoms with E-state index in [1.54, 1.807) is 0 Å². The van der Waals surface area contributed by atoms with Gasteiger partial charge in [-0.25, -0.2) is 0 Å². The maximum absolute atomic E-state index is 12.5. The van der Waals surface area contributed by atoms with Crippen molar-refractivity contribution < 1.29 is 15.0 Å². The molecule has 0 saturated carbocycles. The molecule has 0 aliphatic rings. The second kappa shape index (κ2) is 54.9. The van der Waals surface area contributed by atoms with Gasteiger partial charge in [-0.05, 0) is 70.6 Å². The summed E-state index contributed by atoms with van der Waals surface area (Å²) >= 11 is 0. The Kier molecular flexibility index (Phi) is 52.8. The summed E-state index contributed by atoms with van der Waals surface area (Å²) in [6.45, 7) is 4.25. The van der Waals surface area contributed by atoms with Crippen molar-refractivity contribution in [3.05, 3.63) is 85.1 Å². The molecule has 4 heteroatoms. The first-order chi connectivity index (χ1) is 31.7. The Hall–Kier alpha value is -2.43. The van der Waals surface area contributed by atoms with Crippen LogP contribution in [0.2, 0.25) is 0 Å². The molecular formula is C60H107NO3. The molecule has 0 bridgehead atoms. The van der Waals surface area contributed by atoms with Crippen LogP contribution in [0.1, 0.15) is 271 Å². The number of hydrogen-bond donors (Lipinski definition) is 3. The minimum Gasteiger partial charge on any atom is -0.394 e. The number of nitrogens with one attached hydrogen (secondary N) is 1. The van der Waals surface area contributed by atoms with E-state index >= 15 is 0 Å². The molecule has 3 N–H and O–H groups in total. The standard InChI is InChI=1S/C60H107NO3/c1-3-5-7-9-11-13-15-17-18-19-20-21-22-23-24-25-26-27-28-29-30-31-32-33-34-35-36-37-38-39-40-41-42-44-46-48-50-52-54-56-60(64)61-58(57-62)59(63)55-53-51-49-47-45-43-16-14-12-10-8-6-4-2/h5,7,11,13,17-18,20-21,23-24,26-27,29-30,58-59,62-63H,3-4,6,8-10,12,14-16,19,22,25,28,31-57H2,1-2H3,(H,61,64)/b7-5-,13-11-,18-17-,21-20-,24-23-,27-26-,30-29-. The molecule has 0 spiro atoms. The van der Waals surface area contributed by atoms with Crippen LogP contribution in [0.4, 0.5) is 0 Å². The van der Waals surface area contributed by atoms with Crippen LogP contribution in [0.15, 0.2) is 85.1 Å². The van der Waals surface area contributed by atoms with E-state index in [1.165, 1.54) is 173 Å². The summed E-state index contributed by atoms with van der Waals surface area (Å²) in [7, 11) is 0. The van der Waals surface area contributed by atoms with Gasteiger partial charge >= 0.3 is 0 Å². The zero-order valence-electron chi connectivity index (χ0n) is 42.5. The van der Waals surface area contributed by atoms with Gasteiger partial charge in [-0.3, -0.25) is 4.79 Å². The summed E-state index contributed by atoms with van der Waals surface area (Å²) in [5.74, 6) is -0.0317. The third-order valence-corrected chi connectivity index (χ3v) is 12.4. The fourth-order valence-corrected chi connectivity index (χ4v) is 8.22. The van der Waals surface area contributed by atoms with Gasteiger partial charge in [0.25, 0.3) is 0 Å². The molecule has 0 aromatic rings. The van der Waals surface area contributed by atoms with E-state index in [0.717, 1.165) is 70.6 Å². The van der Waals surface area contributed by atoms with Crippen molar-refractivity contribution in [3.8, 4) is 0 Å². The molecule has 0 aliphatic heterocycles. The molecular weight excluding hydrogens is 783 g/mol. The molecule has 370 valence electrons. The highest BCUT2D eigenvalue weighted by Crippen LogP contribution is 2.17. The molecule has 64 heavy (non-hydrogen) atoms. The minimum atomic E-state index is -0.660. The Bertz CT molecular complexity index is 1150. The Labute approximate surface area is 399 Å². The van der Waals surface area contributed by atoms with Gasteiger partial charge < -0.3 is 15.5 Å². The lowest BCUT2D eigenvalue weighted by Gasteiger charge is -2.22. The summed E-state index contributed by atoms with van der Waals surface area (Å²) in [6.07, 6.45) is 80.0. The second-order valence-corrected chi connectivity index (χ2v) is 18.6. The topological polar surface area (TPSA) is 69.6 Å². The lowest BCUT2D eigenvalue weighted by atomic mass is 10.0. The van der Waals surface area contributed by atoms with Crippen LogP contribution in [-0.4, -0.2) is 34.9 Å².